The summed E-state index contributed by atoms with van der Waals surface area (Å²) in [6, 6.07) is 1.94. The van der Waals surface area contributed by atoms with Crippen molar-refractivity contribution in [3.8, 4) is 0 Å². The predicted octanol–water partition coefficient (Wildman–Crippen LogP) is 3.28. The Morgan fingerprint density at radius 1 is 1.50 bits per heavy atom. The zero-order valence-electron chi connectivity index (χ0n) is 12.4. The molecule has 110 valence electrons. The molecule has 0 saturated heterocycles. The van der Waals surface area contributed by atoms with Crippen molar-refractivity contribution in [2.45, 2.75) is 52.6 Å². The van der Waals surface area contributed by atoms with E-state index in [1.54, 1.807) is 0 Å². The molecule has 0 aliphatic heterocycles. The zero-order chi connectivity index (χ0) is 14.5. The second kappa shape index (κ2) is 4.35. The van der Waals surface area contributed by atoms with Gasteiger partial charge in [-0.15, -0.1) is 0 Å². The molecule has 2 fully saturated rings. The minimum atomic E-state index is -0.922. The van der Waals surface area contributed by atoms with Crippen LogP contribution < -0.4 is 5.32 Å². The van der Waals surface area contributed by atoms with Gasteiger partial charge in [-0.1, -0.05) is 20.8 Å². The molecule has 1 aromatic heterocycles. The molecule has 2 bridgehead atoms. The topological polar surface area (TPSA) is 62.5 Å². The van der Waals surface area contributed by atoms with E-state index in [0.29, 0.717) is 23.8 Å². The van der Waals surface area contributed by atoms with E-state index >= 15 is 0 Å². The van der Waals surface area contributed by atoms with Gasteiger partial charge in [0.25, 0.3) is 0 Å². The van der Waals surface area contributed by atoms with Gasteiger partial charge >= 0.3 is 5.97 Å². The molecule has 1 heterocycles. The highest BCUT2D eigenvalue weighted by Gasteiger charge is 2.58. The lowest BCUT2D eigenvalue weighted by Gasteiger charge is -2.43. The van der Waals surface area contributed by atoms with Crippen molar-refractivity contribution >= 4 is 5.97 Å². The summed E-state index contributed by atoms with van der Waals surface area (Å²) < 4.78 is 5.32. The first-order chi connectivity index (χ1) is 9.34. The molecule has 2 aliphatic rings. The van der Waals surface area contributed by atoms with Crippen LogP contribution in [0, 0.1) is 16.7 Å². The second-order valence-corrected chi connectivity index (χ2v) is 7.29. The summed E-state index contributed by atoms with van der Waals surface area (Å²) in [7, 11) is 0. The Morgan fingerprint density at radius 2 is 2.25 bits per heavy atom. The van der Waals surface area contributed by atoms with Gasteiger partial charge in [0, 0.05) is 6.04 Å². The average molecular weight is 277 g/mol. The second-order valence-electron chi connectivity index (χ2n) is 7.29. The largest absolute Gasteiger partial charge is 0.478 e. The van der Waals surface area contributed by atoms with Crippen molar-refractivity contribution in [2.24, 2.45) is 16.7 Å². The predicted molar refractivity (Wildman–Crippen MR) is 75.5 cm³/mol. The number of carbonyl (C=O) groups is 1. The summed E-state index contributed by atoms with van der Waals surface area (Å²) in [5.41, 5.74) is 0.872. The number of aromatic carboxylic acids is 1. The molecular formula is C16H23NO3. The minimum absolute atomic E-state index is 0.267. The summed E-state index contributed by atoms with van der Waals surface area (Å²) >= 11 is 0. The van der Waals surface area contributed by atoms with Crippen LogP contribution in [0.1, 0.15) is 56.2 Å². The maximum Gasteiger partial charge on any atom is 0.339 e. The van der Waals surface area contributed by atoms with E-state index in [2.05, 4.69) is 26.1 Å². The summed E-state index contributed by atoms with van der Waals surface area (Å²) in [6.07, 6.45) is 5.32. The third-order valence-corrected chi connectivity index (χ3v) is 5.71. The number of rotatable bonds is 4. The first-order valence-corrected chi connectivity index (χ1v) is 7.37. The Morgan fingerprint density at radius 3 is 2.85 bits per heavy atom. The fourth-order valence-corrected chi connectivity index (χ4v) is 4.67. The van der Waals surface area contributed by atoms with Crippen molar-refractivity contribution in [1.82, 2.24) is 5.32 Å². The van der Waals surface area contributed by atoms with Gasteiger partial charge in [-0.05, 0) is 42.1 Å². The molecule has 3 atom stereocenters. The van der Waals surface area contributed by atoms with E-state index in [0.717, 1.165) is 5.92 Å². The van der Waals surface area contributed by atoms with E-state index < -0.39 is 5.97 Å². The maximum atomic E-state index is 11.1. The van der Waals surface area contributed by atoms with Crippen molar-refractivity contribution in [1.29, 1.82) is 0 Å². The number of hydrogen-bond acceptors (Lipinski definition) is 3. The molecule has 4 nitrogen and oxygen atoms in total. The van der Waals surface area contributed by atoms with Gasteiger partial charge in [0.15, 0.2) is 0 Å². The molecule has 2 aliphatic carbocycles. The first kappa shape index (κ1) is 13.7. The monoisotopic (exact) mass is 277 g/mol. The Labute approximate surface area is 119 Å². The number of carboxylic acid groups (broad SMARTS) is 1. The first-order valence-electron chi connectivity index (χ1n) is 7.37. The van der Waals surface area contributed by atoms with Crippen LogP contribution in [0.5, 0.6) is 0 Å². The van der Waals surface area contributed by atoms with Gasteiger partial charge in [-0.25, -0.2) is 4.79 Å². The quantitative estimate of drug-likeness (QED) is 0.886. The molecule has 20 heavy (non-hydrogen) atoms. The normalized spacial score (nSPS) is 34.5. The maximum absolute atomic E-state index is 11.1. The van der Waals surface area contributed by atoms with E-state index in [-0.39, 0.29) is 11.0 Å². The summed E-state index contributed by atoms with van der Waals surface area (Å²) in [4.78, 5) is 11.1. The molecule has 0 amide bonds. The van der Waals surface area contributed by atoms with Gasteiger partial charge in [-0.2, -0.15) is 0 Å². The van der Waals surface area contributed by atoms with Crippen LogP contribution in [0.15, 0.2) is 16.7 Å². The molecule has 2 N–H and O–H groups in total. The van der Waals surface area contributed by atoms with Crippen molar-refractivity contribution in [3.63, 3.8) is 0 Å². The third-order valence-electron chi connectivity index (χ3n) is 5.71. The third kappa shape index (κ3) is 1.89. The van der Waals surface area contributed by atoms with Crippen LogP contribution in [-0.4, -0.2) is 17.1 Å². The van der Waals surface area contributed by atoms with Crippen LogP contribution in [0.2, 0.25) is 0 Å². The lowest BCUT2D eigenvalue weighted by Crippen LogP contribution is -2.50. The fraction of sp³-hybridized carbons (Fsp3) is 0.688. The summed E-state index contributed by atoms with van der Waals surface area (Å²) in [5, 5.41) is 12.7. The standard InChI is InChI=1S/C16H23NO3/c1-15(2)10-4-6-16(3,8-10)14(15)17-9-12-11(13(18)19)5-7-20-12/h5,7,10,14,17H,4,6,8-9H2,1-3H3,(H,18,19). The van der Waals surface area contributed by atoms with Crippen molar-refractivity contribution < 1.29 is 14.3 Å². The highest BCUT2D eigenvalue weighted by atomic mass is 16.4. The molecule has 3 unspecified atom stereocenters. The number of nitrogens with one attached hydrogen (secondary N) is 1. The zero-order valence-corrected chi connectivity index (χ0v) is 12.4. The Hall–Kier alpha value is -1.29. The summed E-state index contributed by atoms with van der Waals surface area (Å²) in [6.45, 7) is 7.52. The smallest absolute Gasteiger partial charge is 0.339 e. The highest BCUT2D eigenvalue weighted by molar-refractivity contribution is 5.88. The van der Waals surface area contributed by atoms with E-state index in [4.69, 9.17) is 9.52 Å². The minimum Gasteiger partial charge on any atom is -0.478 e. The van der Waals surface area contributed by atoms with E-state index in [1.807, 2.05) is 0 Å². The lowest BCUT2D eigenvalue weighted by molar-refractivity contribution is 0.0693. The molecule has 3 rings (SSSR count). The van der Waals surface area contributed by atoms with Crippen LogP contribution in [0.25, 0.3) is 0 Å². The summed E-state index contributed by atoms with van der Waals surface area (Å²) in [5.74, 6) is 0.384. The molecule has 1 aromatic rings. The van der Waals surface area contributed by atoms with Gasteiger partial charge in [0.05, 0.1) is 12.8 Å². The molecular weight excluding hydrogens is 254 g/mol. The molecule has 0 aromatic carbocycles. The SMILES string of the molecule is CC12CCC(C1)C(C)(C)C2NCc1occc1C(=O)O. The number of hydrogen-bond donors (Lipinski definition) is 2. The van der Waals surface area contributed by atoms with Gasteiger partial charge < -0.3 is 14.8 Å². The molecule has 4 heteroatoms. The van der Waals surface area contributed by atoms with Crippen LogP contribution in [-0.2, 0) is 6.54 Å². The Kier molecular flexibility index (Phi) is 2.98. The van der Waals surface area contributed by atoms with Crippen LogP contribution >= 0.6 is 0 Å². The number of carboxylic acids is 1. The molecule has 0 radical (unpaired) electrons. The van der Waals surface area contributed by atoms with Crippen molar-refractivity contribution in [3.05, 3.63) is 23.7 Å². The van der Waals surface area contributed by atoms with Crippen LogP contribution in [0.4, 0.5) is 0 Å². The Bertz CT molecular complexity index is 529. The lowest BCUT2D eigenvalue weighted by atomic mass is 9.68. The Balaban J connectivity index is 1.75. The van der Waals surface area contributed by atoms with E-state index in [9.17, 15) is 4.79 Å². The highest BCUT2D eigenvalue weighted by Crippen LogP contribution is 2.62. The number of fused-ring (bicyclic) bond motifs is 2. The molecule has 0 spiro atoms. The van der Waals surface area contributed by atoms with Crippen molar-refractivity contribution in [2.75, 3.05) is 0 Å². The average Bonchev–Trinajstić information content (AvgIpc) is 2.99. The molecule has 2 saturated carbocycles. The fourth-order valence-electron chi connectivity index (χ4n) is 4.67. The van der Waals surface area contributed by atoms with Crippen LogP contribution in [0.3, 0.4) is 0 Å². The van der Waals surface area contributed by atoms with Gasteiger partial charge in [-0.3, -0.25) is 0 Å². The van der Waals surface area contributed by atoms with Gasteiger partial charge in [0.1, 0.15) is 11.3 Å². The number of furan rings is 1. The van der Waals surface area contributed by atoms with Gasteiger partial charge in [0.2, 0.25) is 0 Å². The van der Waals surface area contributed by atoms with E-state index in [1.165, 1.54) is 31.6 Å².